The molecule has 0 bridgehead atoms. The summed E-state index contributed by atoms with van der Waals surface area (Å²) < 4.78 is 31.6. The second-order valence-corrected chi connectivity index (χ2v) is 11.4. The third-order valence-electron chi connectivity index (χ3n) is 7.32. The largest absolute Gasteiger partial charge is 0.433 e. The third kappa shape index (κ3) is 6.14. The summed E-state index contributed by atoms with van der Waals surface area (Å²) in [4.78, 5) is 30.9. The fourth-order valence-electron chi connectivity index (χ4n) is 5.00. The van der Waals surface area contributed by atoms with Crippen LogP contribution in [-0.4, -0.2) is 72.2 Å². The predicted molar refractivity (Wildman–Crippen MR) is 153 cm³/mol. The Morgan fingerprint density at radius 2 is 1.93 bits per heavy atom. The molecule has 3 heterocycles. The molecule has 0 unspecified atom stereocenters. The van der Waals surface area contributed by atoms with Crippen LogP contribution < -0.4 is 19.9 Å². The molecule has 13 heteroatoms. The number of anilines is 5. The van der Waals surface area contributed by atoms with Gasteiger partial charge in [-0.05, 0) is 45.1 Å². The molecule has 3 aromatic rings. The number of aromatic nitrogens is 3. The number of benzene rings is 1. The fourth-order valence-corrected chi connectivity index (χ4v) is 5.00. The number of likely N-dealkylation sites (N-methyl/N-ethyl adjacent to an activating group) is 2. The monoisotopic (exact) mass is 568 g/mol. The lowest BCUT2D eigenvalue weighted by atomic mass is 9.91. The number of fused-ring (bicyclic) bond motifs is 1. The number of nitro benzene ring substituents is 1. The third-order valence-corrected chi connectivity index (χ3v) is 7.32. The number of halogens is 2. The van der Waals surface area contributed by atoms with Gasteiger partial charge in [-0.2, -0.15) is 13.8 Å². The normalized spacial score (nSPS) is 15.8. The van der Waals surface area contributed by atoms with Crippen LogP contribution >= 0.6 is 0 Å². The number of pyridine rings is 1. The van der Waals surface area contributed by atoms with Gasteiger partial charge in [0.2, 0.25) is 5.95 Å². The highest BCUT2D eigenvalue weighted by molar-refractivity contribution is 5.77. The van der Waals surface area contributed by atoms with Crippen molar-refractivity contribution in [3.8, 4) is 5.75 Å². The van der Waals surface area contributed by atoms with Gasteiger partial charge in [0.05, 0.1) is 22.0 Å². The second kappa shape index (κ2) is 11.0. The van der Waals surface area contributed by atoms with Crippen molar-refractivity contribution in [2.75, 3.05) is 55.9 Å². The minimum atomic E-state index is -3.14. The number of hydrogen-bond acceptors (Lipinski definition) is 10. The van der Waals surface area contributed by atoms with Crippen LogP contribution in [0.15, 0.2) is 36.5 Å². The molecule has 0 atom stereocenters. The number of hydrogen-bond donors (Lipinski definition) is 1. The molecule has 11 nitrogen and oxygen atoms in total. The molecule has 1 aliphatic carbocycles. The quantitative estimate of drug-likeness (QED) is 0.237. The van der Waals surface area contributed by atoms with Crippen molar-refractivity contribution >= 4 is 34.5 Å². The van der Waals surface area contributed by atoms with Gasteiger partial charge in [-0.15, -0.1) is 0 Å². The van der Waals surface area contributed by atoms with Crippen LogP contribution in [0.25, 0.3) is 0 Å². The molecule has 0 saturated heterocycles. The van der Waals surface area contributed by atoms with E-state index in [1.54, 1.807) is 24.2 Å². The molecule has 1 N–H and O–H groups in total. The number of nitro groups is 1. The number of nitrogens with zero attached hydrogens (tertiary/aromatic N) is 7. The fraction of sp³-hybridized carbons (Fsp3) is 0.464. The van der Waals surface area contributed by atoms with Gasteiger partial charge in [0.25, 0.3) is 5.69 Å². The highest BCUT2D eigenvalue weighted by Crippen LogP contribution is 2.46. The van der Waals surface area contributed by atoms with Crippen molar-refractivity contribution < 1.29 is 18.4 Å². The zero-order valence-corrected chi connectivity index (χ0v) is 23.8. The molecule has 2 aliphatic rings. The highest BCUT2D eigenvalue weighted by atomic mass is 19.3. The van der Waals surface area contributed by atoms with Gasteiger partial charge >= 0.3 is 6.61 Å². The van der Waals surface area contributed by atoms with E-state index in [9.17, 15) is 18.9 Å². The Bertz CT molecular complexity index is 1450. The van der Waals surface area contributed by atoms with Crippen LogP contribution in [0.3, 0.4) is 0 Å². The molecule has 5 rings (SSSR count). The first-order chi connectivity index (χ1) is 19.4. The van der Waals surface area contributed by atoms with Crippen LogP contribution in [0, 0.1) is 10.1 Å². The molecule has 2 aromatic heterocycles. The van der Waals surface area contributed by atoms with E-state index in [4.69, 9.17) is 9.72 Å². The molecule has 41 heavy (non-hydrogen) atoms. The van der Waals surface area contributed by atoms with E-state index < -0.39 is 11.5 Å². The number of nitrogens with one attached hydrogen (secondary N) is 1. The van der Waals surface area contributed by atoms with E-state index in [1.807, 2.05) is 23.9 Å². The van der Waals surface area contributed by atoms with Gasteiger partial charge in [-0.1, -0.05) is 13.8 Å². The second-order valence-electron chi connectivity index (χ2n) is 11.4. The van der Waals surface area contributed by atoms with E-state index in [0.29, 0.717) is 31.4 Å². The summed E-state index contributed by atoms with van der Waals surface area (Å²) in [6, 6.07) is 8.31. The van der Waals surface area contributed by atoms with Crippen LogP contribution in [0.4, 0.5) is 43.3 Å². The lowest BCUT2D eigenvalue weighted by molar-refractivity contribution is -0.384. The first kappa shape index (κ1) is 28.4. The summed E-state index contributed by atoms with van der Waals surface area (Å²) in [6.45, 7) is 2.82. The van der Waals surface area contributed by atoms with Crippen LogP contribution in [-0.2, 0) is 5.41 Å². The van der Waals surface area contributed by atoms with Gasteiger partial charge in [-0.25, -0.2) is 4.98 Å². The average molecular weight is 569 g/mol. The maximum absolute atomic E-state index is 13.4. The van der Waals surface area contributed by atoms with E-state index in [-0.39, 0.29) is 34.2 Å². The van der Waals surface area contributed by atoms with E-state index in [2.05, 4.69) is 41.3 Å². The molecule has 218 valence electrons. The molecule has 1 fully saturated rings. The molecule has 0 radical (unpaired) electrons. The average Bonchev–Trinajstić information content (AvgIpc) is 3.72. The summed E-state index contributed by atoms with van der Waals surface area (Å²) in [5.74, 6) is 0.947. The SMILES string of the molecule is CN(C)CCN(C)c1cc(OC(F)F)c(Nc2nccc(N3CC(C)(C)c4nc(C5CC5)ccc43)n2)cc1[N+](=O)[O-]. The van der Waals surface area contributed by atoms with Crippen LogP contribution in [0.5, 0.6) is 5.75 Å². The molecular weight excluding hydrogens is 534 g/mol. The number of rotatable bonds is 11. The molecule has 0 spiro atoms. The van der Waals surface area contributed by atoms with Crippen molar-refractivity contribution in [3.05, 3.63) is 58.0 Å². The lowest BCUT2D eigenvalue weighted by Gasteiger charge is -2.23. The zero-order chi connectivity index (χ0) is 29.5. The van der Waals surface area contributed by atoms with Gasteiger partial charge < -0.3 is 24.8 Å². The van der Waals surface area contributed by atoms with Crippen LogP contribution in [0.1, 0.15) is 44.0 Å². The Balaban J connectivity index is 1.47. The molecule has 1 saturated carbocycles. The van der Waals surface area contributed by atoms with Crippen molar-refractivity contribution in [2.24, 2.45) is 0 Å². The van der Waals surface area contributed by atoms with Crippen molar-refractivity contribution in [1.29, 1.82) is 0 Å². The van der Waals surface area contributed by atoms with E-state index in [1.165, 1.54) is 25.0 Å². The van der Waals surface area contributed by atoms with Gasteiger partial charge in [0, 0.05) is 62.0 Å². The molecule has 1 aromatic carbocycles. The summed E-state index contributed by atoms with van der Waals surface area (Å²) in [7, 11) is 5.41. The summed E-state index contributed by atoms with van der Waals surface area (Å²) in [5, 5.41) is 14.9. The number of ether oxygens (including phenoxy) is 1. The van der Waals surface area contributed by atoms with Crippen molar-refractivity contribution in [1.82, 2.24) is 19.9 Å². The standard InChI is InChI=1S/C28H34F2N8O3/c1-28(2)16-37(20-9-8-18(17-6-7-17)32-25(20)28)24-10-11-31-27(34-24)33-19-14-22(38(39)40)21(15-23(19)41-26(29)30)36(5)13-12-35(3)4/h8-11,14-15,17,26H,6-7,12-13,16H2,1-5H3,(H,31,33,34). The Kier molecular flexibility index (Phi) is 7.64. The first-order valence-corrected chi connectivity index (χ1v) is 13.4. The smallest absolute Gasteiger partial charge is 0.387 e. The Morgan fingerprint density at radius 3 is 2.59 bits per heavy atom. The highest BCUT2D eigenvalue weighted by Gasteiger charge is 2.39. The van der Waals surface area contributed by atoms with E-state index >= 15 is 0 Å². The molecule has 0 amide bonds. The van der Waals surface area contributed by atoms with Crippen LogP contribution in [0.2, 0.25) is 0 Å². The van der Waals surface area contributed by atoms with Crippen molar-refractivity contribution in [2.45, 2.75) is 44.6 Å². The minimum Gasteiger partial charge on any atom is -0.433 e. The maximum Gasteiger partial charge on any atom is 0.387 e. The maximum atomic E-state index is 13.4. The van der Waals surface area contributed by atoms with Gasteiger partial charge in [-0.3, -0.25) is 15.1 Å². The van der Waals surface area contributed by atoms with Gasteiger partial charge in [0.1, 0.15) is 11.5 Å². The Hall–Kier alpha value is -4.13. The van der Waals surface area contributed by atoms with Crippen molar-refractivity contribution in [3.63, 3.8) is 0 Å². The predicted octanol–water partition coefficient (Wildman–Crippen LogP) is 5.43. The topological polar surface area (TPSA) is 113 Å². The minimum absolute atomic E-state index is 0.0446. The van der Waals surface area contributed by atoms with Gasteiger partial charge in [0.15, 0.2) is 5.75 Å². The molecular formula is C28H34F2N8O3. The molecule has 1 aliphatic heterocycles. The lowest BCUT2D eigenvalue weighted by Crippen LogP contribution is -2.29. The summed E-state index contributed by atoms with van der Waals surface area (Å²) in [5.41, 5.74) is 2.70. The zero-order valence-electron chi connectivity index (χ0n) is 23.8. The Labute approximate surface area is 237 Å². The number of alkyl halides is 2. The van der Waals surface area contributed by atoms with E-state index in [0.717, 1.165) is 17.1 Å². The summed E-state index contributed by atoms with van der Waals surface area (Å²) in [6.07, 6.45) is 3.88. The first-order valence-electron chi connectivity index (χ1n) is 13.4. The Morgan fingerprint density at radius 1 is 1.17 bits per heavy atom. The summed E-state index contributed by atoms with van der Waals surface area (Å²) >= 11 is 0.